The number of tetrazole rings is 1. The maximum atomic E-state index is 13.7. The molecule has 0 bridgehead atoms. The molecule has 1 saturated carbocycles. The van der Waals surface area contributed by atoms with Crippen LogP contribution in [0.4, 0.5) is 14.5 Å². The van der Waals surface area contributed by atoms with E-state index in [0.29, 0.717) is 5.16 Å². The van der Waals surface area contributed by atoms with Crippen LogP contribution in [0.5, 0.6) is 0 Å². The van der Waals surface area contributed by atoms with Crippen molar-refractivity contribution in [1.82, 2.24) is 20.2 Å². The van der Waals surface area contributed by atoms with Crippen LogP contribution in [0.25, 0.3) is 0 Å². The average Bonchev–Trinajstić information content (AvgIpc) is 3.07. The number of carbonyl (C=O) groups is 1. The van der Waals surface area contributed by atoms with Crippen LogP contribution >= 0.6 is 11.8 Å². The predicted molar refractivity (Wildman–Crippen MR) is 90.2 cm³/mol. The molecule has 1 unspecified atom stereocenters. The number of rotatable bonds is 5. The smallest absolute Gasteiger partial charge is 0.237 e. The molecular weight excluding hydrogens is 348 g/mol. The van der Waals surface area contributed by atoms with Gasteiger partial charge >= 0.3 is 0 Å². The molecule has 0 radical (unpaired) electrons. The minimum absolute atomic E-state index is 0.177. The Morgan fingerprint density at radius 2 is 2.08 bits per heavy atom. The summed E-state index contributed by atoms with van der Waals surface area (Å²) in [5.41, 5.74) is -0.177. The highest BCUT2D eigenvalue weighted by molar-refractivity contribution is 8.00. The van der Waals surface area contributed by atoms with Crippen molar-refractivity contribution >= 4 is 23.4 Å². The highest BCUT2D eigenvalue weighted by atomic mass is 32.2. The molecule has 134 valence electrons. The molecule has 9 heteroatoms. The zero-order chi connectivity index (χ0) is 17.8. The summed E-state index contributed by atoms with van der Waals surface area (Å²) < 4.78 is 28.6. The second-order valence-electron chi connectivity index (χ2n) is 6.07. The van der Waals surface area contributed by atoms with Gasteiger partial charge in [-0.1, -0.05) is 31.0 Å². The normalized spacial score (nSPS) is 16.6. The summed E-state index contributed by atoms with van der Waals surface area (Å²) in [5.74, 6) is -1.73. The van der Waals surface area contributed by atoms with Crippen molar-refractivity contribution in [3.05, 3.63) is 29.8 Å². The molecule has 1 fully saturated rings. The van der Waals surface area contributed by atoms with Gasteiger partial charge in [-0.2, -0.15) is 0 Å². The standard InChI is InChI=1S/C16H19F2N5OS/c1-10(15(24)19-14-9-11(17)7-8-13(14)18)25-16-20-21-22-23(16)12-5-3-2-4-6-12/h7-10,12H,2-6H2,1H3,(H,19,24). The molecular formula is C16H19F2N5OS. The van der Waals surface area contributed by atoms with Crippen molar-refractivity contribution in [3.8, 4) is 0 Å². The van der Waals surface area contributed by atoms with Gasteiger partial charge in [0.15, 0.2) is 0 Å². The Morgan fingerprint density at radius 1 is 1.32 bits per heavy atom. The number of hydrogen-bond donors (Lipinski definition) is 1. The number of amides is 1. The highest BCUT2D eigenvalue weighted by Gasteiger charge is 2.24. The van der Waals surface area contributed by atoms with E-state index >= 15 is 0 Å². The van der Waals surface area contributed by atoms with Crippen molar-refractivity contribution in [2.24, 2.45) is 0 Å². The Labute approximate surface area is 148 Å². The van der Waals surface area contributed by atoms with Crippen molar-refractivity contribution in [1.29, 1.82) is 0 Å². The van der Waals surface area contributed by atoms with E-state index in [9.17, 15) is 13.6 Å². The van der Waals surface area contributed by atoms with Crippen molar-refractivity contribution in [2.75, 3.05) is 5.32 Å². The fourth-order valence-electron chi connectivity index (χ4n) is 2.86. The average molecular weight is 367 g/mol. The van der Waals surface area contributed by atoms with E-state index in [2.05, 4.69) is 20.8 Å². The van der Waals surface area contributed by atoms with Gasteiger partial charge in [0, 0.05) is 6.07 Å². The summed E-state index contributed by atoms with van der Waals surface area (Å²) in [5, 5.41) is 14.2. The first-order valence-electron chi connectivity index (χ1n) is 8.25. The lowest BCUT2D eigenvalue weighted by molar-refractivity contribution is -0.115. The number of benzene rings is 1. The van der Waals surface area contributed by atoms with E-state index in [0.717, 1.165) is 43.9 Å². The van der Waals surface area contributed by atoms with E-state index in [1.54, 1.807) is 11.6 Å². The highest BCUT2D eigenvalue weighted by Crippen LogP contribution is 2.31. The molecule has 1 aliphatic rings. The van der Waals surface area contributed by atoms with Crippen LogP contribution in [0.2, 0.25) is 0 Å². The van der Waals surface area contributed by atoms with Crippen molar-refractivity contribution < 1.29 is 13.6 Å². The molecule has 1 amide bonds. The van der Waals surface area contributed by atoms with E-state index in [1.807, 2.05) is 0 Å². The Morgan fingerprint density at radius 3 is 2.84 bits per heavy atom. The minimum Gasteiger partial charge on any atom is -0.323 e. The molecule has 6 nitrogen and oxygen atoms in total. The summed E-state index contributed by atoms with van der Waals surface area (Å²) >= 11 is 1.21. The van der Waals surface area contributed by atoms with Crippen LogP contribution in [0.1, 0.15) is 45.1 Å². The molecule has 1 heterocycles. The molecule has 1 aliphatic carbocycles. The lowest BCUT2D eigenvalue weighted by atomic mass is 9.96. The summed E-state index contributed by atoms with van der Waals surface area (Å²) in [6.07, 6.45) is 5.55. The van der Waals surface area contributed by atoms with Gasteiger partial charge in [0.25, 0.3) is 0 Å². The van der Waals surface area contributed by atoms with Crippen LogP contribution in [-0.4, -0.2) is 31.4 Å². The number of aromatic nitrogens is 4. The molecule has 0 spiro atoms. The van der Waals surface area contributed by atoms with Crippen LogP contribution in [0.3, 0.4) is 0 Å². The first kappa shape index (κ1) is 17.8. The van der Waals surface area contributed by atoms with E-state index < -0.39 is 22.8 Å². The number of halogens is 2. The molecule has 1 atom stereocenters. The summed E-state index contributed by atoms with van der Waals surface area (Å²) in [7, 11) is 0. The predicted octanol–water partition coefficient (Wildman–Crippen LogP) is 3.58. The van der Waals surface area contributed by atoms with Gasteiger partial charge in [-0.3, -0.25) is 4.79 Å². The Balaban J connectivity index is 1.66. The van der Waals surface area contributed by atoms with Gasteiger partial charge in [-0.05, 0) is 42.3 Å². The largest absolute Gasteiger partial charge is 0.323 e. The molecule has 0 saturated heterocycles. The summed E-state index contributed by atoms with van der Waals surface area (Å²) in [6.45, 7) is 1.68. The number of anilines is 1. The van der Waals surface area contributed by atoms with E-state index in [1.165, 1.54) is 18.2 Å². The monoisotopic (exact) mass is 367 g/mol. The quantitative estimate of drug-likeness (QED) is 0.818. The van der Waals surface area contributed by atoms with E-state index in [-0.39, 0.29) is 11.7 Å². The zero-order valence-corrected chi connectivity index (χ0v) is 14.6. The fraction of sp³-hybridized carbons (Fsp3) is 0.500. The molecule has 2 aromatic rings. The number of nitrogens with zero attached hydrogens (tertiary/aromatic N) is 4. The number of hydrogen-bond acceptors (Lipinski definition) is 5. The number of thioether (sulfide) groups is 1. The second kappa shape index (κ2) is 7.90. The van der Waals surface area contributed by atoms with Gasteiger partial charge in [-0.15, -0.1) is 5.10 Å². The maximum Gasteiger partial charge on any atom is 0.237 e. The SMILES string of the molecule is CC(Sc1nnnn1C1CCCCC1)C(=O)Nc1cc(F)ccc1F. The van der Waals surface area contributed by atoms with Gasteiger partial charge in [0.05, 0.1) is 17.0 Å². The Kier molecular flexibility index (Phi) is 5.62. The number of nitrogens with one attached hydrogen (secondary N) is 1. The van der Waals surface area contributed by atoms with Gasteiger partial charge in [0.1, 0.15) is 11.6 Å². The van der Waals surface area contributed by atoms with Crippen molar-refractivity contribution in [2.45, 2.75) is 55.5 Å². The zero-order valence-electron chi connectivity index (χ0n) is 13.8. The Bertz CT molecular complexity index is 748. The van der Waals surface area contributed by atoms with E-state index in [4.69, 9.17) is 0 Å². The fourth-order valence-corrected chi connectivity index (χ4v) is 3.72. The molecule has 1 aromatic heterocycles. The first-order chi connectivity index (χ1) is 12.0. The third kappa shape index (κ3) is 4.33. The molecule has 1 aromatic carbocycles. The van der Waals surface area contributed by atoms with Gasteiger partial charge in [-0.25, -0.2) is 13.5 Å². The topological polar surface area (TPSA) is 72.7 Å². The maximum absolute atomic E-state index is 13.7. The van der Waals surface area contributed by atoms with Crippen LogP contribution in [0, 0.1) is 11.6 Å². The lowest BCUT2D eigenvalue weighted by Crippen LogP contribution is -2.24. The number of carbonyl (C=O) groups excluding carboxylic acids is 1. The third-order valence-electron chi connectivity index (χ3n) is 4.22. The lowest BCUT2D eigenvalue weighted by Gasteiger charge is -2.22. The minimum atomic E-state index is -0.681. The van der Waals surface area contributed by atoms with Crippen LogP contribution in [-0.2, 0) is 4.79 Å². The first-order valence-corrected chi connectivity index (χ1v) is 9.13. The molecule has 1 N–H and O–H groups in total. The van der Waals surface area contributed by atoms with Gasteiger partial charge < -0.3 is 5.32 Å². The second-order valence-corrected chi connectivity index (χ2v) is 7.38. The van der Waals surface area contributed by atoms with Crippen LogP contribution in [0.15, 0.2) is 23.4 Å². The summed E-state index contributed by atoms with van der Waals surface area (Å²) in [4.78, 5) is 12.3. The Hall–Kier alpha value is -2.03. The van der Waals surface area contributed by atoms with Crippen molar-refractivity contribution in [3.63, 3.8) is 0 Å². The molecule has 3 rings (SSSR count). The van der Waals surface area contributed by atoms with Crippen LogP contribution < -0.4 is 5.32 Å². The molecule has 0 aliphatic heterocycles. The van der Waals surface area contributed by atoms with Gasteiger partial charge in [0.2, 0.25) is 11.1 Å². The third-order valence-corrected chi connectivity index (χ3v) is 5.27. The summed E-state index contributed by atoms with van der Waals surface area (Å²) in [6, 6.07) is 3.19. The molecule has 25 heavy (non-hydrogen) atoms.